The standard InChI is InChI=1S/C20H34O2/c1-2-3-5-16-8-12-18(13-9-16)19-14-10-17(11-15-19)6-4-7-20(21)22/h4,6,16-19H,2-3,5,7-15H2,1H3,(H,21,22). The van der Waals surface area contributed by atoms with Gasteiger partial charge < -0.3 is 5.11 Å². The van der Waals surface area contributed by atoms with Crippen molar-refractivity contribution in [2.24, 2.45) is 23.7 Å². The number of rotatable bonds is 7. The molecule has 0 radical (unpaired) electrons. The highest BCUT2D eigenvalue weighted by Gasteiger charge is 2.30. The smallest absolute Gasteiger partial charge is 0.307 e. The number of unbranched alkanes of at least 4 members (excludes halogenated alkanes) is 1. The van der Waals surface area contributed by atoms with Crippen LogP contribution >= 0.6 is 0 Å². The monoisotopic (exact) mass is 306 g/mol. The fraction of sp³-hybridized carbons (Fsp3) is 0.850. The lowest BCUT2D eigenvalue weighted by Gasteiger charge is -2.37. The van der Waals surface area contributed by atoms with Gasteiger partial charge in [-0.15, -0.1) is 0 Å². The molecule has 0 aliphatic heterocycles. The van der Waals surface area contributed by atoms with E-state index in [1.54, 1.807) is 0 Å². The lowest BCUT2D eigenvalue weighted by atomic mass is 9.68. The molecule has 0 amide bonds. The number of carbonyl (C=O) groups is 1. The van der Waals surface area contributed by atoms with Crippen LogP contribution in [0, 0.1) is 23.7 Å². The zero-order chi connectivity index (χ0) is 15.8. The Bertz CT molecular complexity index is 345. The third-order valence-electron chi connectivity index (χ3n) is 6.04. The maximum atomic E-state index is 10.5. The minimum absolute atomic E-state index is 0.182. The Kier molecular flexibility index (Phi) is 7.48. The second kappa shape index (κ2) is 9.37. The van der Waals surface area contributed by atoms with E-state index in [1.807, 2.05) is 6.08 Å². The Labute approximate surface area is 136 Å². The summed E-state index contributed by atoms with van der Waals surface area (Å²) in [6.07, 6.45) is 19.6. The summed E-state index contributed by atoms with van der Waals surface area (Å²) >= 11 is 0. The molecule has 126 valence electrons. The molecule has 0 atom stereocenters. The highest BCUT2D eigenvalue weighted by Crippen LogP contribution is 2.42. The summed E-state index contributed by atoms with van der Waals surface area (Å²) in [5.41, 5.74) is 0. The van der Waals surface area contributed by atoms with Gasteiger partial charge in [0.05, 0.1) is 6.42 Å². The number of carboxylic acid groups (broad SMARTS) is 1. The van der Waals surface area contributed by atoms with Gasteiger partial charge in [-0.05, 0) is 62.2 Å². The van der Waals surface area contributed by atoms with Gasteiger partial charge in [-0.1, -0.05) is 51.2 Å². The fourth-order valence-corrected chi connectivity index (χ4v) is 4.61. The summed E-state index contributed by atoms with van der Waals surface area (Å²) in [5.74, 6) is 2.88. The summed E-state index contributed by atoms with van der Waals surface area (Å²) in [7, 11) is 0. The largest absolute Gasteiger partial charge is 0.481 e. The first kappa shape index (κ1) is 17.6. The summed E-state index contributed by atoms with van der Waals surface area (Å²) in [6, 6.07) is 0. The number of carboxylic acids is 1. The zero-order valence-electron chi connectivity index (χ0n) is 14.3. The van der Waals surface area contributed by atoms with Gasteiger partial charge >= 0.3 is 5.97 Å². The van der Waals surface area contributed by atoms with Gasteiger partial charge in [0.1, 0.15) is 0 Å². The zero-order valence-corrected chi connectivity index (χ0v) is 14.3. The molecule has 2 nitrogen and oxygen atoms in total. The Morgan fingerprint density at radius 3 is 2.14 bits per heavy atom. The molecular formula is C20H34O2. The number of allylic oxidation sites excluding steroid dienone is 1. The van der Waals surface area contributed by atoms with Crippen LogP contribution in [0.1, 0.15) is 84.0 Å². The van der Waals surface area contributed by atoms with Crippen LogP contribution in [0.2, 0.25) is 0 Å². The second-order valence-electron chi connectivity index (χ2n) is 7.62. The van der Waals surface area contributed by atoms with E-state index in [4.69, 9.17) is 5.11 Å². The maximum absolute atomic E-state index is 10.5. The van der Waals surface area contributed by atoms with Gasteiger partial charge in [-0.2, -0.15) is 0 Å². The highest BCUT2D eigenvalue weighted by atomic mass is 16.4. The van der Waals surface area contributed by atoms with Crippen LogP contribution in [0.25, 0.3) is 0 Å². The number of hydrogen-bond donors (Lipinski definition) is 1. The van der Waals surface area contributed by atoms with Gasteiger partial charge in [0, 0.05) is 0 Å². The first-order valence-corrected chi connectivity index (χ1v) is 9.57. The third-order valence-corrected chi connectivity index (χ3v) is 6.04. The van der Waals surface area contributed by atoms with Crippen LogP contribution in [-0.4, -0.2) is 11.1 Å². The predicted molar refractivity (Wildman–Crippen MR) is 91.8 cm³/mol. The van der Waals surface area contributed by atoms with Crippen LogP contribution in [0.3, 0.4) is 0 Å². The third kappa shape index (κ3) is 5.78. The molecule has 0 spiro atoms. The molecule has 0 aromatic carbocycles. The second-order valence-corrected chi connectivity index (χ2v) is 7.62. The van der Waals surface area contributed by atoms with E-state index in [-0.39, 0.29) is 6.42 Å². The molecule has 1 N–H and O–H groups in total. The Morgan fingerprint density at radius 2 is 1.59 bits per heavy atom. The molecule has 0 saturated heterocycles. The van der Waals surface area contributed by atoms with Crippen LogP contribution in [0.5, 0.6) is 0 Å². The summed E-state index contributed by atoms with van der Waals surface area (Å²) < 4.78 is 0. The molecule has 2 heteroatoms. The van der Waals surface area contributed by atoms with Crippen molar-refractivity contribution in [1.29, 1.82) is 0 Å². The van der Waals surface area contributed by atoms with Crippen molar-refractivity contribution in [3.63, 3.8) is 0 Å². The minimum atomic E-state index is -0.718. The van der Waals surface area contributed by atoms with Crippen molar-refractivity contribution in [1.82, 2.24) is 0 Å². The highest BCUT2D eigenvalue weighted by molar-refractivity contribution is 5.68. The van der Waals surface area contributed by atoms with Crippen molar-refractivity contribution >= 4 is 5.97 Å². The molecule has 2 saturated carbocycles. The topological polar surface area (TPSA) is 37.3 Å². The molecule has 2 fully saturated rings. The van der Waals surface area contributed by atoms with E-state index in [1.165, 1.54) is 70.6 Å². The van der Waals surface area contributed by atoms with E-state index in [2.05, 4.69) is 13.0 Å². The van der Waals surface area contributed by atoms with E-state index < -0.39 is 5.97 Å². The van der Waals surface area contributed by atoms with Crippen molar-refractivity contribution in [3.05, 3.63) is 12.2 Å². The van der Waals surface area contributed by atoms with Crippen LogP contribution in [0.4, 0.5) is 0 Å². The van der Waals surface area contributed by atoms with Gasteiger partial charge in [0.25, 0.3) is 0 Å². The van der Waals surface area contributed by atoms with E-state index >= 15 is 0 Å². The lowest BCUT2D eigenvalue weighted by Crippen LogP contribution is -2.25. The fourth-order valence-electron chi connectivity index (χ4n) is 4.61. The Hall–Kier alpha value is -0.790. The SMILES string of the molecule is CCCCC1CCC(C2CCC(C=CCC(=O)O)CC2)CC1. The number of hydrogen-bond acceptors (Lipinski definition) is 1. The first-order chi connectivity index (χ1) is 10.7. The van der Waals surface area contributed by atoms with Gasteiger partial charge in [-0.3, -0.25) is 4.79 Å². The van der Waals surface area contributed by atoms with E-state index in [9.17, 15) is 4.79 Å². The molecule has 2 aliphatic rings. The van der Waals surface area contributed by atoms with Crippen molar-refractivity contribution in [3.8, 4) is 0 Å². The molecule has 2 rings (SSSR count). The Balaban J connectivity index is 1.65. The molecule has 0 unspecified atom stereocenters. The molecule has 0 aromatic rings. The van der Waals surface area contributed by atoms with Gasteiger partial charge in [0.2, 0.25) is 0 Å². The van der Waals surface area contributed by atoms with Crippen molar-refractivity contribution in [2.45, 2.75) is 84.0 Å². The number of aliphatic carboxylic acids is 1. The average molecular weight is 306 g/mol. The quantitative estimate of drug-likeness (QED) is 0.602. The lowest BCUT2D eigenvalue weighted by molar-refractivity contribution is -0.136. The normalized spacial score (nSPS) is 33.1. The molecular weight excluding hydrogens is 272 g/mol. The maximum Gasteiger partial charge on any atom is 0.307 e. The summed E-state index contributed by atoms with van der Waals surface area (Å²) in [5, 5.41) is 8.68. The minimum Gasteiger partial charge on any atom is -0.481 e. The van der Waals surface area contributed by atoms with E-state index in [0.29, 0.717) is 5.92 Å². The predicted octanol–water partition coefficient (Wildman–Crippen LogP) is 5.82. The molecule has 0 heterocycles. The van der Waals surface area contributed by atoms with Crippen LogP contribution < -0.4 is 0 Å². The van der Waals surface area contributed by atoms with Crippen molar-refractivity contribution < 1.29 is 9.90 Å². The molecule has 0 bridgehead atoms. The molecule has 22 heavy (non-hydrogen) atoms. The average Bonchev–Trinajstić information content (AvgIpc) is 2.54. The van der Waals surface area contributed by atoms with Crippen LogP contribution in [-0.2, 0) is 4.79 Å². The Morgan fingerprint density at radius 1 is 1.00 bits per heavy atom. The summed E-state index contributed by atoms with van der Waals surface area (Å²) in [6.45, 7) is 2.30. The van der Waals surface area contributed by atoms with Crippen molar-refractivity contribution in [2.75, 3.05) is 0 Å². The molecule has 0 aromatic heterocycles. The van der Waals surface area contributed by atoms with Crippen LogP contribution in [0.15, 0.2) is 12.2 Å². The van der Waals surface area contributed by atoms with Gasteiger partial charge in [0.15, 0.2) is 0 Å². The van der Waals surface area contributed by atoms with Gasteiger partial charge in [-0.25, -0.2) is 0 Å². The first-order valence-electron chi connectivity index (χ1n) is 9.57. The van der Waals surface area contributed by atoms with E-state index in [0.717, 1.165) is 17.8 Å². The summed E-state index contributed by atoms with van der Waals surface area (Å²) in [4.78, 5) is 10.5. The molecule has 2 aliphatic carbocycles.